The topological polar surface area (TPSA) is 52.7 Å². The first-order valence-electron chi connectivity index (χ1n) is 10.6. The summed E-state index contributed by atoms with van der Waals surface area (Å²) in [6.07, 6.45) is 5.36. The summed E-state index contributed by atoms with van der Waals surface area (Å²) in [5, 5.41) is 6.23. The van der Waals surface area contributed by atoms with E-state index in [-0.39, 0.29) is 6.04 Å². The first-order chi connectivity index (χ1) is 14.2. The highest BCUT2D eigenvalue weighted by Gasteiger charge is 2.29. The van der Waals surface area contributed by atoms with Crippen LogP contribution in [-0.2, 0) is 16.0 Å². The molecule has 0 saturated carbocycles. The van der Waals surface area contributed by atoms with Gasteiger partial charge in [-0.05, 0) is 75.1 Å². The Kier molecular flexibility index (Phi) is 9.81. The van der Waals surface area contributed by atoms with Crippen LogP contribution in [0, 0.1) is 0 Å². The van der Waals surface area contributed by atoms with Gasteiger partial charge in [-0.1, -0.05) is 42.5 Å². The summed E-state index contributed by atoms with van der Waals surface area (Å²) in [5.41, 5.74) is 1.41. The Morgan fingerprint density at radius 2 is 1.90 bits per heavy atom. The summed E-state index contributed by atoms with van der Waals surface area (Å²) in [5.74, 6) is 0.291. The predicted molar refractivity (Wildman–Crippen MR) is 120 cm³/mol. The monoisotopic (exact) mass is 397 g/mol. The Labute approximate surface area is 175 Å². The largest absolute Gasteiger partial charge is 0.344 e. The molecule has 1 heterocycles. The first kappa shape index (κ1) is 23.0. The zero-order chi connectivity index (χ0) is 21.1. The van der Waals surface area contributed by atoms with Crippen LogP contribution in [0.4, 0.5) is 0 Å². The van der Waals surface area contributed by atoms with Crippen LogP contribution in [0.3, 0.4) is 0 Å². The van der Waals surface area contributed by atoms with Gasteiger partial charge in [0.05, 0.1) is 6.04 Å². The average Bonchev–Trinajstić information content (AvgIpc) is 3.19. The molecule has 1 N–H and O–H groups in total. The van der Waals surface area contributed by atoms with Crippen molar-refractivity contribution < 1.29 is 9.59 Å². The van der Waals surface area contributed by atoms with Crippen LogP contribution < -0.4 is 5.32 Å². The maximum Gasteiger partial charge on any atom is 0.239 e. The van der Waals surface area contributed by atoms with Crippen LogP contribution in [-0.4, -0.2) is 68.8 Å². The molecule has 158 valence electrons. The van der Waals surface area contributed by atoms with Crippen LogP contribution in [0.2, 0.25) is 0 Å². The molecule has 1 fully saturated rings. The molecular weight excluding hydrogens is 362 g/mol. The Bertz CT molecular complexity index is 759. The summed E-state index contributed by atoms with van der Waals surface area (Å²) < 4.78 is 0. The van der Waals surface area contributed by atoms with E-state index in [0.29, 0.717) is 5.91 Å². The van der Waals surface area contributed by atoms with Gasteiger partial charge in [0.2, 0.25) is 5.91 Å². The van der Waals surface area contributed by atoms with Gasteiger partial charge >= 0.3 is 0 Å². The van der Waals surface area contributed by atoms with E-state index in [1.54, 1.807) is 0 Å². The quantitative estimate of drug-likeness (QED) is 0.661. The van der Waals surface area contributed by atoms with E-state index >= 15 is 0 Å². The number of likely N-dealkylation sites (N-methyl/N-ethyl adjacent to an activating group) is 2. The van der Waals surface area contributed by atoms with E-state index in [2.05, 4.69) is 59.7 Å². The summed E-state index contributed by atoms with van der Waals surface area (Å²) in [4.78, 5) is 24.6. The third kappa shape index (κ3) is 6.65. The van der Waals surface area contributed by atoms with Crippen LogP contribution in [0.15, 0.2) is 42.5 Å². The molecule has 2 aromatic carbocycles. The summed E-state index contributed by atoms with van der Waals surface area (Å²) in [6, 6.07) is 15.2. The molecule has 29 heavy (non-hydrogen) atoms. The van der Waals surface area contributed by atoms with Gasteiger partial charge in [-0.2, -0.15) is 0 Å². The number of likely N-dealkylation sites (tertiary alicyclic amines) is 1. The maximum absolute atomic E-state index is 12.5. The van der Waals surface area contributed by atoms with Crippen molar-refractivity contribution in [2.24, 2.45) is 0 Å². The molecule has 1 saturated heterocycles. The molecule has 1 unspecified atom stereocenters. The van der Waals surface area contributed by atoms with Crippen LogP contribution in [0.5, 0.6) is 0 Å². The van der Waals surface area contributed by atoms with E-state index in [4.69, 9.17) is 4.79 Å². The van der Waals surface area contributed by atoms with E-state index < -0.39 is 0 Å². The van der Waals surface area contributed by atoms with Crippen molar-refractivity contribution in [2.75, 3.05) is 40.3 Å². The Balaban J connectivity index is 0.00000145. The van der Waals surface area contributed by atoms with E-state index in [1.807, 2.05) is 18.7 Å². The van der Waals surface area contributed by atoms with Crippen molar-refractivity contribution >= 4 is 23.5 Å². The number of nitrogens with zero attached hydrogens (tertiary/aromatic N) is 2. The first-order valence-corrected chi connectivity index (χ1v) is 10.6. The van der Waals surface area contributed by atoms with Gasteiger partial charge < -0.3 is 15.0 Å². The molecule has 0 aliphatic carbocycles. The van der Waals surface area contributed by atoms with Gasteiger partial charge in [-0.25, -0.2) is 0 Å². The molecule has 3 rings (SSSR count). The minimum atomic E-state index is 0.105. The van der Waals surface area contributed by atoms with Crippen molar-refractivity contribution in [1.82, 2.24) is 15.1 Å². The molecule has 0 bridgehead atoms. The van der Waals surface area contributed by atoms with Crippen molar-refractivity contribution in [3.8, 4) is 0 Å². The molecule has 1 aliphatic rings. The highest BCUT2D eigenvalue weighted by Crippen LogP contribution is 2.19. The molecule has 5 heteroatoms. The SMILES string of the molecule is C=O.CN(CCCCNCCc1cccc2ccccc12)C(=O)C1CCCN1C. The number of carbonyl (C=O) groups is 2. The van der Waals surface area contributed by atoms with Crippen LogP contribution >= 0.6 is 0 Å². The molecule has 0 spiro atoms. The van der Waals surface area contributed by atoms with E-state index in [1.165, 1.54) is 16.3 Å². The van der Waals surface area contributed by atoms with Crippen LogP contribution in [0.25, 0.3) is 10.8 Å². The number of hydrogen-bond donors (Lipinski definition) is 1. The molecule has 1 aliphatic heterocycles. The molecule has 1 amide bonds. The fourth-order valence-electron chi connectivity index (χ4n) is 4.04. The van der Waals surface area contributed by atoms with Crippen molar-refractivity contribution in [1.29, 1.82) is 0 Å². The van der Waals surface area contributed by atoms with Gasteiger partial charge in [0.15, 0.2) is 0 Å². The Hall–Kier alpha value is -2.24. The fraction of sp³-hybridized carbons (Fsp3) is 0.500. The number of carbonyl (C=O) groups excluding carboxylic acids is 2. The second kappa shape index (κ2) is 12.3. The Morgan fingerprint density at radius 3 is 2.66 bits per heavy atom. The minimum Gasteiger partial charge on any atom is -0.344 e. The highest BCUT2D eigenvalue weighted by atomic mass is 16.2. The minimum absolute atomic E-state index is 0.105. The zero-order valence-electron chi connectivity index (χ0n) is 17.9. The second-order valence-electron chi connectivity index (χ2n) is 7.74. The number of hydrogen-bond acceptors (Lipinski definition) is 4. The van der Waals surface area contributed by atoms with Gasteiger partial charge in [0.25, 0.3) is 0 Å². The molecule has 0 radical (unpaired) electrons. The highest BCUT2D eigenvalue weighted by molar-refractivity contribution is 5.85. The number of benzene rings is 2. The predicted octanol–water partition coefficient (Wildman–Crippen LogP) is 3.12. The molecular formula is C24H35N3O2. The molecule has 1 atom stereocenters. The van der Waals surface area contributed by atoms with Gasteiger partial charge in [-0.15, -0.1) is 0 Å². The number of amides is 1. The fourth-order valence-corrected chi connectivity index (χ4v) is 4.04. The lowest BCUT2D eigenvalue weighted by Gasteiger charge is -2.25. The summed E-state index contributed by atoms with van der Waals surface area (Å²) in [7, 11) is 4.01. The zero-order valence-corrected chi connectivity index (χ0v) is 17.9. The van der Waals surface area contributed by atoms with Gasteiger partial charge in [0, 0.05) is 13.6 Å². The van der Waals surface area contributed by atoms with E-state index in [9.17, 15) is 4.79 Å². The molecule has 5 nitrogen and oxygen atoms in total. The lowest BCUT2D eigenvalue weighted by molar-refractivity contribution is -0.134. The van der Waals surface area contributed by atoms with Gasteiger partial charge in [-0.3, -0.25) is 9.69 Å². The standard InChI is InChI=1S/C23H33N3O.CH2O/c1-25-18-8-13-22(25)23(27)26(2)17-6-5-15-24-16-14-20-11-7-10-19-9-3-4-12-21(19)20;1-2/h3-4,7,9-12,22,24H,5-6,8,13-18H2,1-2H3;1H2. The van der Waals surface area contributed by atoms with Crippen molar-refractivity contribution in [3.63, 3.8) is 0 Å². The number of nitrogens with one attached hydrogen (secondary N) is 1. The summed E-state index contributed by atoms with van der Waals surface area (Å²) in [6.45, 7) is 5.91. The normalized spacial score (nSPS) is 16.4. The number of unbranched alkanes of at least 4 members (excludes halogenated alkanes) is 1. The average molecular weight is 398 g/mol. The lowest BCUT2D eigenvalue weighted by Crippen LogP contribution is -2.42. The molecule has 2 aromatic rings. The van der Waals surface area contributed by atoms with Crippen molar-refractivity contribution in [3.05, 3.63) is 48.0 Å². The number of fused-ring (bicyclic) bond motifs is 1. The third-order valence-electron chi connectivity index (χ3n) is 5.73. The van der Waals surface area contributed by atoms with Crippen molar-refractivity contribution in [2.45, 2.75) is 38.1 Å². The summed E-state index contributed by atoms with van der Waals surface area (Å²) >= 11 is 0. The lowest BCUT2D eigenvalue weighted by atomic mass is 10.0. The maximum atomic E-state index is 12.5. The number of rotatable bonds is 9. The second-order valence-corrected chi connectivity index (χ2v) is 7.74. The van der Waals surface area contributed by atoms with E-state index in [0.717, 1.165) is 58.3 Å². The Morgan fingerprint density at radius 1 is 1.14 bits per heavy atom. The third-order valence-corrected chi connectivity index (χ3v) is 5.73. The van der Waals surface area contributed by atoms with Gasteiger partial charge in [0.1, 0.15) is 6.79 Å². The molecule has 0 aromatic heterocycles. The van der Waals surface area contributed by atoms with Crippen LogP contribution in [0.1, 0.15) is 31.2 Å². The smallest absolute Gasteiger partial charge is 0.239 e.